The molecule has 3 amide bonds. The smallest absolute Gasteiger partial charge is 0.247 e. The summed E-state index contributed by atoms with van der Waals surface area (Å²) in [6, 6.07) is 14.0. The molecule has 0 saturated carbocycles. The number of carbonyl (C=O) groups excluding carboxylic acids is 3. The molecule has 2 atom stereocenters. The van der Waals surface area contributed by atoms with Gasteiger partial charge in [-0.25, -0.2) is 0 Å². The number of para-hydroxylation sites is 3. The summed E-state index contributed by atoms with van der Waals surface area (Å²) in [4.78, 5) is 40.1. The summed E-state index contributed by atoms with van der Waals surface area (Å²) in [5.74, 6) is -0.812. The van der Waals surface area contributed by atoms with Crippen molar-refractivity contribution in [3.05, 3.63) is 54.1 Å². The van der Waals surface area contributed by atoms with E-state index in [1.165, 1.54) is 0 Å². The average molecular weight is 437 g/mol. The summed E-state index contributed by atoms with van der Waals surface area (Å²) in [6.45, 7) is 3.04. The number of benzene rings is 2. The molecular weight excluding hydrogens is 408 g/mol. The molecule has 2 heterocycles. The highest BCUT2D eigenvalue weighted by molar-refractivity contribution is 6.07. The highest BCUT2D eigenvalue weighted by Gasteiger charge is 2.35. The van der Waals surface area contributed by atoms with Gasteiger partial charge in [-0.2, -0.15) is 0 Å². The number of rotatable bonds is 7. The summed E-state index contributed by atoms with van der Waals surface area (Å²) >= 11 is 0. The lowest BCUT2D eigenvalue weighted by Gasteiger charge is -2.37. The van der Waals surface area contributed by atoms with Crippen LogP contribution in [0.3, 0.4) is 0 Å². The Kier molecular flexibility index (Phi) is 6.70. The maximum absolute atomic E-state index is 12.9. The molecule has 0 aliphatic carbocycles. The summed E-state index contributed by atoms with van der Waals surface area (Å²) in [5.41, 5.74) is 2.98. The van der Waals surface area contributed by atoms with E-state index in [0.29, 0.717) is 23.6 Å². The minimum atomic E-state index is -0.803. The van der Waals surface area contributed by atoms with Gasteiger partial charge in [0.25, 0.3) is 0 Å². The van der Waals surface area contributed by atoms with Crippen molar-refractivity contribution in [3.8, 4) is 0 Å². The van der Waals surface area contributed by atoms with Gasteiger partial charge in [-0.3, -0.25) is 14.4 Å². The molecule has 1 saturated heterocycles. The molecule has 32 heavy (non-hydrogen) atoms. The molecule has 2 aromatic rings. The summed E-state index contributed by atoms with van der Waals surface area (Å²) in [7, 11) is 0. The minimum Gasteiger partial charge on any atom is -0.376 e. The Hall–Kier alpha value is -3.39. The monoisotopic (exact) mass is 436 g/mol. The van der Waals surface area contributed by atoms with Crippen LogP contribution in [-0.4, -0.2) is 49.6 Å². The van der Waals surface area contributed by atoms with Gasteiger partial charge in [-0.05, 0) is 43.5 Å². The number of anilines is 3. The van der Waals surface area contributed by atoms with Crippen LogP contribution in [0.2, 0.25) is 0 Å². The molecular formula is C24H28N4O4. The van der Waals surface area contributed by atoms with Crippen molar-refractivity contribution in [1.29, 1.82) is 0 Å². The second-order valence-electron chi connectivity index (χ2n) is 8.16. The van der Waals surface area contributed by atoms with Crippen LogP contribution >= 0.6 is 0 Å². The first-order chi connectivity index (χ1) is 15.5. The van der Waals surface area contributed by atoms with Crippen molar-refractivity contribution in [1.82, 2.24) is 5.32 Å². The molecule has 4 rings (SSSR count). The van der Waals surface area contributed by atoms with Gasteiger partial charge in [-0.1, -0.05) is 30.3 Å². The molecule has 0 aromatic heterocycles. The van der Waals surface area contributed by atoms with E-state index < -0.39 is 6.04 Å². The second kappa shape index (κ2) is 9.82. The van der Waals surface area contributed by atoms with Gasteiger partial charge in [0.2, 0.25) is 17.7 Å². The van der Waals surface area contributed by atoms with Crippen LogP contribution in [0, 0.1) is 6.92 Å². The average Bonchev–Trinajstić information content (AvgIpc) is 3.30. The molecule has 0 bridgehead atoms. The van der Waals surface area contributed by atoms with Gasteiger partial charge in [0.1, 0.15) is 6.04 Å². The van der Waals surface area contributed by atoms with E-state index in [-0.39, 0.29) is 36.8 Å². The molecule has 0 radical (unpaired) electrons. The van der Waals surface area contributed by atoms with E-state index in [2.05, 4.69) is 16.0 Å². The van der Waals surface area contributed by atoms with E-state index in [1.807, 2.05) is 49.4 Å². The first-order valence-corrected chi connectivity index (χ1v) is 10.9. The van der Waals surface area contributed by atoms with Crippen LogP contribution in [0.4, 0.5) is 17.1 Å². The lowest BCUT2D eigenvalue weighted by molar-refractivity contribution is -0.123. The SMILES string of the molecule is Cc1ccccc1NC(=O)C[C@H]1C(=O)Nc2ccccc2N1CC(=O)NC[C@H]1CCCO1. The third-order valence-corrected chi connectivity index (χ3v) is 5.81. The van der Waals surface area contributed by atoms with Gasteiger partial charge >= 0.3 is 0 Å². The number of nitrogens with one attached hydrogen (secondary N) is 3. The summed E-state index contributed by atoms with van der Waals surface area (Å²) in [6.07, 6.45) is 1.88. The Morgan fingerprint density at radius 1 is 1.12 bits per heavy atom. The number of hydrogen-bond donors (Lipinski definition) is 3. The predicted molar refractivity (Wildman–Crippen MR) is 123 cm³/mol. The van der Waals surface area contributed by atoms with E-state index >= 15 is 0 Å². The number of aryl methyl sites for hydroxylation is 1. The Bertz CT molecular complexity index is 1000. The highest BCUT2D eigenvalue weighted by atomic mass is 16.5. The fourth-order valence-electron chi connectivity index (χ4n) is 4.09. The zero-order chi connectivity index (χ0) is 22.5. The zero-order valence-corrected chi connectivity index (χ0v) is 18.1. The van der Waals surface area contributed by atoms with Crippen molar-refractivity contribution in [3.63, 3.8) is 0 Å². The maximum Gasteiger partial charge on any atom is 0.247 e. The highest BCUT2D eigenvalue weighted by Crippen LogP contribution is 2.32. The van der Waals surface area contributed by atoms with E-state index in [0.717, 1.165) is 25.0 Å². The van der Waals surface area contributed by atoms with Crippen molar-refractivity contribution >= 4 is 34.8 Å². The van der Waals surface area contributed by atoms with Crippen molar-refractivity contribution in [2.24, 2.45) is 0 Å². The number of amides is 3. The molecule has 0 spiro atoms. The molecule has 0 unspecified atom stereocenters. The fraction of sp³-hybridized carbons (Fsp3) is 0.375. The third kappa shape index (κ3) is 5.08. The van der Waals surface area contributed by atoms with Crippen molar-refractivity contribution in [2.45, 2.75) is 38.3 Å². The number of nitrogens with zero attached hydrogens (tertiary/aromatic N) is 1. The van der Waals surface area contributed by atoms with Gasteiger partial charge in [0, 0.05) is 18.8 Å². The van der Waals surface area contributed by atoms with E-state index in [1.54, 1.807) is 11.0 Å². The lowest BCUT2D eigenvalue weighted by atomic mass is 10.0. The quantitative estimate of drug-likeness (QED) is 0.619. The molecule has 8 heteroatoms. The van der Waals surface area contributed by atoms with Crippen LogP contribution in [0.5, 0.6) is 0 Å². The molecule has 1 fully saturated rings. The molecule has 2 aliphatic heterocycles. The standard InChI is InChI=1S/C24H28N4O4/c1-16-7-2-3-9-18(16)26-22(29)13-21-24(31)27-19-10-4-5-11-20(19)28(21)15-23(30)25-14-17-8-6-12-32-17/h2-5,7,9-11,17,21H,6,8,12-15H2,1H3,(H,25,30)(H,26,29)(H,27,31)/t17-,21+/m1/s1. The molecule has 2 aliphatic rings. The first kappa shape index (κ1) is 21.8. The van der Waals surface area contributed by atoms with Crippen molar-refractivity contribution < 1.29 is 19.1 Å². The zero-order valence-electron chi connectivity index (χ0n) is 18.1. The van der Waals surface area contributed by atoms with E-state index in [4.69, 9.17) is 4.74 Å². The molecule has 8 nitrogen and oxygen atoms in total. The number of carbonyl (C=O) groups is 3. The van der Waals surface area contributed by atoms with Gasteiger partial charge in [0.05, 0.1) is 30.4 Å². The Morgan fingerprint density at radius 3 is 2.69 bits per heavy atom. The van der Waals surface area contributed by atoms with Gasteiger partial charge in [0.15, 0.2) is 0 Å². The maximum atomic E-state index is 12.9. The molecule has 2 aromatic carbocycles. The van der Waals surface area contributed by atoms with Gasteiger partial charge in [-0.15, -0.1) is 0 Å². The summed E-state index contributed by atoms with van der Waals surface area (Å²) in [5, 5.41) is 8.63. The van der Waals surface area contributed by atoms with Crippen LogP contribution in [-0.2, 0) is 19.1 Å². The normalized spacial score (nSPS) is 19.8. The van der Waals surface area contributed by atoms with Crippen LogP contribution < -0.4 is 20.9 Å². The Morgan fingerprint density at radius 2 is 1.91 bits per heavy atom. The number of ether oxygens (including phenoxy) is 1. The number of hydrogen-bond acceptors (Lipinski definition) is 5. The second-order valence-corrected chi connectivity index (χ2v) is 8.16. The molecule has 168 valence electrons. The van der Waals surface area contributed by atoms with Crippen molar-refractivity contribution in [2.75, 3.05) is 35.2 Å². The number of fused-ring (bicyclic) bond motifs is 1. The summed E-state index contributed by atoms with van der Waals surface area (Å²) < 4.78 is 5.56. The van der Waals surface area contributed by atoms with Crippen LogP contribution in [0.1, 0.15) is 24.8 Å². The van der Waals surface area contributed by atoms with Crippen LogP contribution in [0.15, 0.2) is 48.5 Å². The Balaban J connectivity index is 1.48. The largest absolute Gasteiger partial charge is 0.376 e. The minimum absolute atomic E-state index is 0.0283. The molecule has 3 N–H and O–H groups in total. The third-order valence-electron chi connectivity index (χ3n) is 5.81. The first-order valence-electron chi connectivity index (χ1n) is 10.9. The van der Waals surface area contributed by atoms with Gasteiger partial charge < -0.3 is 25.6 Å². The lowest BCUT2D eigenvalue weighted by Crippen LogP contribution is -2.53. The van der Waals surface area contributed by atoms with Crippen LogP contribution in [0.25, 0.3) is 0 Å². The fourth-order valence-corrected chi connectivity index (χ4v) is 4.09. The predicted octanol–water partition coefficient (Wildman–Crippen LogP) is 2.45. The Labute approximate surface area is 187 Å². The van der Waals surface area contributed by atoms with E-state index in [9.17, 15) is 14.4 Å². The topological polar surface area (TPSA) is 99.8 Å².